The molecule has 1 spiro atoms. The third kappa shape index (κ3) is 5.45. The Morgan fingerprint density at radius 3 is 2.14 bits per heavy atom. The van der Waals surface area contributed by atoms with Gasteiger partial charge in [0, 0.05) is 31.7 Å². The molecular formula is C14H22N2O6. The second kappa shape index (κ2) is 7.90. The van der Waals surface area contributed by atoms with Gasteiger partial charge in [-0.2, -0.15) is 0 Å². The molecule has 2 rings (SSSR count). The number of nitrogens with zero attached hydrogens (tertiary/aromatic N) is 2. The number of hydrogen-bond donors (Lipinski definition) is 3. The predicted octanol–water partition coefficient (Wildman–Crippen LogP) is 0.802. The number of hydrogen-bond acceptors (Lipinski definition) is 6. The molecule has 2 aliphatic heterocycles. The first-order valence-electron chi connectivity index (χ1n) is 6.99. The van der Waals surface area contributed by atoms with Crippen LogP contribution in [0.25, 0.3) is 0 Å². The molecule has 2 fully saturated rings. The fourth-order valence-electron chi connectivity index (χ4n) is 2.54. The molecule has 0 aromatic heterocycles. The summed E-state index contributed by atoms with van der Waals surface area (Å²) in [5.41, 5.74) is 0.766. The van der Waals surface area contributed by atoms with Gasteiger partial charge in [0.1, 0.15) is 0 Å². The molecule has 124 valence electrons. The zero-order valence-electron chi connectivity index (χ0n) is 12.7. The highest BCUT2D eigenvalue weighted by Gasteiger charge is 2.44. The molecule has 22 heavy (non-hydrogen) atoms. The minimum Gasteiger partial charge on any atom is -0.478 e. The van der Waals surface area contributed by atoms with Gasteiger partial charge >= 0.3 is 11.9 Å². The number of piperidine rings is 1. The summed E-state index contributed by atoms with van der Waals surface area (Å²) in [5, 5.41) is 27.7. The average Bonchev–Trinajstić information content (AvgIpc) is 2.77. The lowest BCUT2D eigenvalue weighted by atomic mass is 9.88. The Kier molecular flexibility index (Phi) is 6.51. The number of aliphatic carboxylic acids is 2. The van der Waals surface area contributed by atoms with E-state index in [1.807, 2.05) is 6.92 Å². The van der Waals surface area contributed by atoms with Crippen molar-refractivity contribution in [3.63, 3.8) is 0 Å². The maximum atomic E-state index is 9.55. The number of oxime groups is 1. The van der Waals surface area contributed by atoms with Crippen LogP contribution in [0.4, 0.5) is 0 Å². The van der Waals surface area contributed by atoms with E-state index in [0.29, 0.717) is 12.2 Å². The number of rotatable bonds is 2. The van der Waals surface area contributed by atoms with Crippen molar-refractivity contribution in [1.82, 2.24) is 4.90 Å². The van der Waals surface area contributed by atoms with E-state index >= 15 is 0 Å². The smallest absolute Gasteiger partial charge is 0.328 e. The fourth-order valence-corrected chi connectivity index (χ4v) is 2.54. The highest BCUT2D eigenvalue weighted by atomic mass is 16.5. The van der Waals surface area contributed by atoms with Crippen molar-refractivity contribution in [3.8, 4) is 0 Å². The van der Waals surface area contributed by atoms with Crippen molar-refractivity contribution < 1.29 is 29.7 Å². The standard InChI is InChI=1S/C10H18N2O2.C4H4O4/c1-8-9(11-13)7-10(14-8)3-5-12(2)6-4-10;5-3(6)1-2-4(7)8/h8,13H,3-7H2,1-2H3;1-2H,(H,5,6)(H,7,8)/b;2-1+. The van der Waals surface area contributed by atoms with Crippen LogP contribution in [0.2, 0.25) is 0 Å². The zero-order chi connectivity index (χ0) is 16.8. The summed E-state index contributed by atoms with van der Waals surface area (Å²) >= 11 is 0. The Morgan fingerprint density at radius 2 is 1.77 bits per heavy atom. The molecular weight excluding hydrogens is 292 g/mol. The molecule has 8 heteroatoms. The molecule has 3 N–H and O–H groups in total. The van der Waals surface area contributed by atoms with Crippen LogP contribution in [0.15, 0.2) is 17.3 Å². The summed E-state index contributed by atoms with van der Waals surface area (Å²) in [5.74, 6) is -2.51. The number of carboxylic acids is 2. The van der Waals surface area contributed by atoms with Crippen LogP contribution in [0.1, 0.15) is 26.2 Å². The van der Waals surface area contributed by atoms with Crippen molar-refractivity contribution in [2.24, 2.45) is 5.16 Å². The quantitative estimate of drug-likeness (QED) is 0.392. The second-order valence-corrected chi connectivity index (χ2v) is 5.52. The van der Waals surface area contributed by atoms with Crippen molar-refractivity contribution in [3.05, 3.63) is 12.2 Å². The fraction of sp³-hybridized carbons (Fsp3) is 0.643. The average molecular weight is 314 g/mol. The van der Waals surface area contributed by atoms with E-state index < -0.39 is 11.9 Å². The van der Waals surface area contributed by atoms with E-state index in [4.69, 9.17) is 20.2 Å². The van der Waals surface area contributed by atoms with Gasteiger partial charge in [-0.1, -0.05) is 5.16 Å². The van der Waals surface area contributed by atoms with Crippen LogP contribution >= 0.6 is 0 Å². The van der Waals surface area contributed by atoms with Crippen LogP contribution in [0.3, 0.4) is 0 Å². The Bertz CT molecular complexity index is 450. The first kappa shape index (κ1) is 18.1. The largest absolute Gasteiger partial charge is 0.478 e. The molecule has 8 nitrogen and oxygen atoms in total. The van der Waals surface area contributed by atoms with Crippen molar-refractivity contribution in [1.29, 1.82) is 0 Å². The van der Waals surface area contributed by atoms with Crippen LogP contribution in [-0.2, 0) is 14.3 Å². The van der Waals surface area contributed by atoms with Crippen molar-refractivity contribution in [2.45, 2.75) is 37.9 Å². The molecule has 0 aliphatic carbocycles. The summed E-state index contributed by atoms with van der Waals surface area (Å²) in [6, 6.07) is 0. The molecule has 0 saturated carbocycles. The van der Waals surface area contributed by atoms with E-state index in [9.17, 15) is 9.59 Å². The molecule has 0 aromatic rings. The Hall–Kier alpha value is -1.93. The van der Waals surface area contributed by atoms with E-state index in [0.717, 1.165) is 38.1 Å². The van der Waals surface area contributed by atoms with Crippen molar-refractivity contribution in [2.75, 3.05) is 20.1 Å². The number of likely N-dealkylation sites (tertiary alicyclic amines) is 1. The minimum absolute atomic E-state index is 0.0107. The van der Waals surface area contributed by atoms with E-state index in [1.165, 1.54) is 0 Å². The van der Waals surface area contributed by atoms with E-state index in [1.54, 1.807) is 0 Å². The second-order valence-electron chi connectivity index (χ2n) is 5.52. The van der Waals surface area contributed by atoms with Gasteiger partial charge in [-0.15, -0.1) is 0 Å². The summed E-state index contributed by atoms with van der Waals surface area (Å²) in [4.78, 5) is 21.4. The van der Waals surface area contributed by atoms with Gasteiger partial charge in [0.15, 0.2) is 0 Å². The maximum Gasteiger partial charge on any atom is 0.328 e. The SMILES string of the molecule is CC1OC2(CCN(C)CC2)CC1=NO.O=C(O)/C=C/C(=O)O. The Balaban J connectivity index is 0.000000261. The van der Waals surface area contributed by atoms with Gasteiger partial charge in [-0.25, -0.2) is 9.59 Å². The lowest BCUT2D eigenvalue weighted by Gasteiger charge is -2.36. The summed E-state index contributed by atoms with van der Waals surface area (Å²) in [7, 11) is 2.13. The molecule has 2 heterocycles. The minimum atomic E-state index is -1.26. The van der Waals surface area contributed by atoms with Gasteiger partial charge < -0.3 is 25.1 Å². The molecule has 0 radical (unpaired) electrons. The van der Waals surface area contributed by atoms with E-state index in [-0.39, 0.29) is 11.7 Å². The first-order chi connectivity index (χ1) is 10.3. The third-order valence-corrected chi connectivity index (χ3v) is 3.79. The highest BCUT2D eigenvalue weighted by Crippen LogP contribution is 2.37. The van der Waals surface area contributed by atoms with E-state index in [2.05, 4.69) is 17.1 Å². The molecule has 0 bridgehead atoms. The maximum absolute atomic E-state index is 9.55. The van der Waals surface area contributed by atoms with Gasteiger partial charge in [0.05, 0.1) is 17.4 Å². The first-order valence-corrected chi connectivity index (χ1v) is 6.99. The van der Waals surface area contributed by atoms with Crippen LogP contribution in [0.5, 0.6) is 0 Å². The molecule has 0 amide bonds. The lowest BCUT2D eigenvalue weighted by molar-refractivity contribution is -0.134. The Labute approximate surface area is 128 Å². The van der Waals surface area contributed by atoms with Gasteiger partial charge in [-0.05, 0) is 26.8 Å². The molecule has 2 saturated heterocycles. The number of carbonyl (C=O) groups is 2. The van der Waals surface area contributed by atoms with Gasteiger partial charge in [0.2, 0.25) is 0 Å². The predicted molar refractivity (Wildman–Crippen MR) is 78.3 cm³/mol. The summed E-state index contributed by atoms with van der Waals surface area (Å²) < 4.78 is 5.92. The number of ether oxygens (including phenoxy) is 1. The molecule has 2 aliphatic rings. The monoisotopic (exact) mass is 314 g/mol. The molecule has 1 atom stereocenters. The third-order valence-electron chi connectivity index (χ3n) is 3.79. The normalized spacial score (nSPS) is 26.1. The Morgan fingerprint density at radius 1 is 1.27 bits per heavy atom. The zero-order valence-corrected chi connectivity index (χ0v) is 12.7. The summed E-state index contributed by atoms with van der Waals surface area (Å²) in [6.45, 7) is 4.11. The lowest BCUT2D eigenvalue weighted by Crippen LogP contribution is -2.42. The topological polar surface area (TPSA) is 120 Å². The van der Waals surface area contributed by atoms with Crippen LogP contribution < -0.4 is 0 Å². The van der Waals surface area contributed by atoms with Crippen LogP contribution in [-0.4, -0.2) is 69.8 Å². The van der Waals surface area contributed by atoms with Gasteiger partial charge in [-0.3, -0.25) is 0 Å². The number of carboxylic acid groups (broad SMARTS) is 2. The molecule has 0 aromatic carbocycles. The highest BCUT2D eigenvalue weighted by molar-refractivity contribution is 5.90. The van der Waals surface area contributed by atoms with Crippen molar-refractivity contribution >= 4 is 17.7 Å². The summed E-state index contributed by atoms with van der Waals surface area (Å²) in [6.07, 6.45) is 4.01. The van der Waals surface area contributed by atoms with Crippen LogP contribution in [0, 0.1) is 0 Å². The van der Waals surface area contributed by atoms with Gasteiger partial charge in [0.25, 0.3) is 0 Å². The molecule has 1 unspecified atom stereocenters.